The lowest BCUT2D eigenvalue weighted by molar-refractivity contribution is 0.0860. The number of aryl methyl sites for hydroxylation is 1. The summed E-state index contributed by atoms with van der Waals surface area (Å²) >= 11 is 1.49. The van der Waals surface area contributed by atoms with Crippen LogP contribution in [0.5, 0.6) is 17.0 Å². The van der Waals surface area contributed by atoms with Crippen LogP contribution in [0.1, 0.15) is 30.4 Å². The maximum Gasteiger partial charge on any atom is 0.316 e. The quantitative estimate of drug-likeness (QED) is 0.332. The zero-order valence-electron chi connectivity index (χ0n) is 18.6. The molecule has 0 saturated carbocycles. The number of fused-ring (bicyclic) bond motifs is 1. The Hall–Kier alpha value is -3.30. The highest BCUT2D eigenvalue weighted by Gasteiger charge is 2.22. The molecule has 1 fully saturated rings. The van der Waals surface area contributed by atoms with Crippen LogP contribution in [0.2, 0.25) is 0 Å². The monoisotopic (exact) mass is 463 g/mol. The van der Waals surface area contributed by atoms with Crippen molar-refractivity contribution in [2.75, 3.05) is 13.1 Å². The molecule has 0 spiro atoms. The first-order valence-corrected chi connectivity index (χ1v) is 11.8. The van der Waals surface area contributed by atoms with Gasteiger partial charge in [-0.3, -0.25) is 4.90 Å². The molecule has 3 aromatic heterocycles. The molecule has 0 amide bonds. The van der Waals surface area contributed by atoms with E-state index in [-0.39, 0.29) is 6.10 Å². The maximum atomic E-state index is 6.07. The fourth-order valence-electron chi connectivity index (χ4n) is 3.87. The van der Waals surface area contributed by atoms with Gasteiger partial charge in [0.2, 0.25) is 0 Å². The molecule has 4 aromatic rings. The van der Waals surface area contributed by atoms with Crippen LogP contribution in [0.4, 0.5) is 5.82 Å². The first-order chi connectivity index (χ1) is 16.2. The van der Waals surface area contributed by atoms with E-state index < -0.39 is 0 Å². The van der Waals surface area contributed by atoms with E-state index in [9.17, 15) is 0 Å². The van der Waals surface area contributed by atoms with E-state index in [1.54, 1.807) is 24.7 Å². The van der Waals surface area contributed by atoms with Gasteiger partial charge in [0.25, 0.3) is 5.19 Å². The molecule has 0 radical (unpaired) electrons. The van der Waals surface area contributed by atoms with Gasteiger partial charge in [-0.25, -0.2) is 15.0 Å². The smallest absolute Gasteiger partial charge is 0.316 e. The summed E-state index contributed by atoms with van der Waals surface area (Å²) in [6.07, 6.45) is 7.16. The SMILES string of the molecule is CC=Nc1nc(Oc2ccc3oc(CN4CCC(Oc5ncccn5)CC4)cc3c2)sc1C. The van der Waals surface area contributed by atoms with Gasteiger partial charge in [-0.1, -0.05) is 11.3 Å². The van der Waals surface area contributed by atoms with E-state index in [0.717, 1.165) is 59.8 Å². The first kappa shape index (κ1) is 21.5. The number of rotatable bonds is 7. The Morgan fingerprint density at radius 1 is 1.21 bits per heavy atom. The fourth-order valence-corrected chi connectivity index (χ4v) is 4.59. The predicted molar refractivity (Wildman–Crippen MR) is 128 cm³/mol. The third kappa shape index (κ3) is 5.20. The molecule has 170 valence electrons. The van der Waals surface area contributed by atoms with Crippen LogP contribution >= 0.6 is 11.3 Å². The van der Waals surface area contributed by atoms with Crippen molar-refractivity contribution in [2.24, 2.45) is 4.99 Å². The van der Waals surface area contributed by atoms with Crippen LogP contribution in [-0.2, 0) is 6.54 Å². The number of piperidine rings is 1. The predicted octanol–water partition coefficient (Wildman–Crippen LogP) is 5.55. The van der Waals surface area contributed by atoms with Gasteiger partial charge in [-0.05, 0) is 57.0 Å². The molecule has 1 saturated heterocycles. The molecule has 0 bridgehead atoms. The second-order valence-electron chi connectivity index (χ2n) is 7.89. The van der Waals surface area contributed by atoms with Crippen LogP contribution in [0.15, 0.2) is 52.1 Å². The lowest BCUT2D eigenvalue weighted by atomic mass is 10.1. The van der Waals surface area contributed by atoms with Crippen molar-refractivity contribution in [3.05, 3.63) is 53.4 Å². The van der Waals surface area contributed by atoms with E-state index in [1.165, 1.54) is 11.3 Å². The van der Waals surface area contributed by atoms with E-state index in [0.29, 0.717) is 17.0 Å². The average molecular weight is 464 g/mol. The van der Waals surface area contributed by atoms with E-state index in [2.05, 4.69) is 30.9 Å². The van der Waals surface area contributed by atoms with Crippen molar-refractivity contribution in [3.63, 3.8) is 0 Å². The molecule has 1 aromatic carbocycles. The van der Waals surface area contributed by atoms with Crippen molar-refractivity contribution >= 4 is 34.3 Å². The molecular formula is C24H25N5O3S. The Labute approximate surface area is 195 Å². The molecule has 0 N–H and O–H groups in total. The normalized spacial score (nSPS) is 15.5. The summed E-state index contributed by atoms with van der Waals surface area (Å²) < 4.78 is 17.9. The minimum Gasteiger partial charge on any atom is -0.460 e. The van der Waals surface area contributed by atoms with E-state index in [1.807, 2.05) is 32.0 Å². The highest BCUT2D eigenvalue weighted by atomic mass is 32.1. The second kappa shape index (κ2) is 9.68. The van der Waals surface area contributed by atoms with Gasteiger partial charge in [-0.15, -0.1) is 0 Å². The molecule has 9 heteroatoms. The van der Waals surface area contributed by atoms with Gasteiger partial charge in [-0.2, -0.15) is 4.98 Å². The van der Waals surface area contributed by atoms with E-state index >= 15 is 0 Å². The topological polar surface area (TPSA) is 85.9 Å². The Morgan fingerprint density at radius 3 is 2.82 bits per heavy atom. The van der Waals surface area contributed by atoms with Gasteiger partial charge >= 0.3 is 6.01 Å². The minimum absolute atomic E-state index is 0.150. The molecule has 0 aliphatic carbocycles. The number of nitrogens with zero attached hydrogens (tertiary/aromatic N) is 5. The Balaban J connectivity index is 1.19. The summed E-state index contributed by atoms with van der Waals surface area (Å²) in [5.74, 6) is 2.38. The molecule has 0 atom stereocenters. The molecule has 1 aliphatic heterocycles. The molecule has 1 aliphatic rings. The van der Waals surface area contributed by atoms with Gasteiger partial charge < -0.3 is 13.9 Å². The Kier molecular flexibility index (Phi) is 6.32. The van der Waals surface area contributed by atoms with Crippen molar-refractivity contribution in [3.8, 4) is 17.0 Å². The van der Waals surface area contributed by atoms with Crippen LogP contribution in [0.25, 0.3) is 11.0 Å². The summed E-state index contributed by atoms with van der Waals surface area (Å²) in [5, 5.41) is 1.60. The summed E-state index contributed by atoms with van der Waals surface area (Å²) in [7, 11) is 0. The first-order valence-electron chi connectivity index (χ1n) is 11.0. The number of likely N-dealkylation sites (tertiary alicyclic amines) is 1. The second-order valence-corrected chi connectivity index (χ2v) is 9.05. The molecule has 0 unspecified atom stereocenters. The molecule has 8 nitrogen and oxygen atoms in total. The summed E-state index contributed by atoms with van der Waals surface area (Å²) in [4.78, 5) is 20.4. The number of benzene rings is 1. The number of aliphatic imine (C=N–C) groups is 1. The molecular weight excluding hydrogens is 438 g/mol. The van der Waals surface area contributed by atoms with Crippen LogP contribution in [0.3, 0.4) is 0 Å². The lowest BCUT2D eigenvalue weighted by Crippen LogP contribution is -2.37. The Bertz CT molecular complexity index is 1250. The lowest BCUT2D eigenvalue weighted by Gasteiger charge is -2.30. The minimum atomic E-state index is 0.150. The standard InChI is InChI=1S/C24H25N5O3S/c1-3-25-22-16(2)33-24(28-22)32-19-5-6-21-17(13-19)14-20(30-21)15-29-11-7-18(8-12-29)31-23-26-9-4-10-27-23/h3-6,9-10,13-14,18H,7-8,11-12,15H2,1-2H3. The highest BCUT2D eigenvalue weighted by molar-refractivity contribution is 7.13. The van der Waals surface area contributed by atoms with Gasteiger partial charge in [0.15, 0.2) is 5.82 Å². The Morgan fingerprint density at radius 2 is 2.03 bits per heavy atom. The van der Waals surface area contributed by atoms with Crippen molar-refractivity contribution in [1.82, 2.24) is 19.9 Å². The largest absolute Gasteiger partial charge is 0.460 e. The van der Waals surface area contributed by atoms with Crippen molar-refractivity contribution in [2.45, 2.75) is 39.3 Å². The third-order valence-electron chi connectivity index (χ3n) is 5.48. The van der Waals surface area contributed by atoms with Gasteiger partial charge in [0.1, 0.15) is 23.2 Å². The van der Waals surface area contributed by atoms with Crippen molar-refractivity contribution < 1.29 is 13.9 Å². The number of ether oxygens (including phenoxy) is 2. The zero-order valence-corrected chi connectivity index (χ0v) is 19.4. The van der Waals surface area contributed by atoms with Crippen LogP contribution in [0, 0.1) is 6.92 Å². The molecule has 5 rings (SSSR count). The summed E-state index contributed by atoms with van der Waals surface area (Å²) in [6, 6.07) is 10.2. The van der Waals surface area contributed by atoms with Crippen molar-refractivity contribution in [1.29, 1.82) is 0 Å². The zero-order chi connectivity index (χ0) is 22.6. The number of aromatic nitrogens is 3. The van der Waals surface area contributed by atoms with Crippen LogP contribution < -0.4 is 9.47 Å². The maximum absolute atomic E-state index is 6.07. The summed E-state index contributed by atoms with van der Waals surface area (Å²) in [5.41, 5.74) is 0.850. The summed E-state index contributed by atoms with van der Waals surface area (Å²) in [6.45, 7) is 6.51. The van der Waals surface area contributed by atoms with Gasteiger partial charge in [0.05, 0.1) is 11.4 Å². The molecule has 33 heavy (non-hydrogen) atoms. The average Bonchev–Trinajstić information content (AvgIpc) is 3.38. The number of hydrogen-bond acceptors (Lipinski definition) is 9. The molecule has 4 heterocycles. The fraction of sp³-hybridized carbons (Fsp3) is 0.333. The highest BCUT2D eigenvalue weighted by Crippen LogP contribution is 2.34. The number of thiazole rings is 1. The number of hydrogen-bond donors (Lipinski definition) is 0. The third-order valence-corrected chi connectivity index (χ3v) is 6.31. The van der Waals surface area contributed by atoms with Gasteiger partial charge in [0, 0.05) is 37.1 Å². The number of furan rings is 1. The van der Waals surface area contributed by atoms with E-state index in [4.69, 9.17) is 13.9 Å². The van der Waals surface area contributed by atoms with Crippen LogP contribution in [-0.4, -0.2) is 45.3 Å².